The number of benzene rings is 2. The second-order valence-corrected chi connectivity index (χ2v) is 6.17. The van der Waals surface area contributed by atoms with E-state index < -0.39 is 5.41 Å². The molecule has 0 saturated carbocycles. The van der Waals surface area contributed by atoms with Gasteiger partial charge in [0.2, 0.25) is 0 Å². The molecule has 2 aromatic carbocycles. The van der Waals surface area contributed by atoms with Crippen LogP contribution in [0.2, 0.25) is 0 Å². The fourth-order valence-corrected chi connectivity index (χ4v) is 3.59. The predicted octanol–water partition coefficient (Wildman–Crippen LogP) is 3.72. The van der Waals surface area contributed by atoms with Gasteiger partial charge in [-0.05, 0) is 17.0 Å². The van der Waals surface area contributed by atoms with Crippen molar-refractivity contribution >= 4 is 0 Å². The van der Waals surface area contributed by atoms with E-state index in [1.807, 2.05) is 60.7 Å². The standard InChI is InChI=1S/C20H20N2O/c1-14(2)18-20(15-9-5-3-6-10-15,16-11-7-4-8-12-16)17(13-21)19(22)23-18/h3-12,14,18H,22H2,1-2H3. The first-order chi connectivity index (χ1) is 11.1. The maximum atomic E-state index is 9.83. The van der Waals surface area contributed by atoms with Gasteiger partial charge in [0.1, 0.15) is 17.7 Å². The molecule has 3 rings (SSSR count). The maximum absolute atomic E-state index is 9.83. The molecule has 0 radical (unpaired) electrons. The highest BCUT2D eigenvalue weighted by Gasteiger charge is 2.54. The molecule has 0 bridgehead atoms. The molecular formula is C20H20N2O. The molecule has 1 atom stereocenters. The highest BCUT2D eigenvalue weighted by atomic mass is 16.5. The van der Waals surface area contributed by atoms with Crippen molar-refractivity contribution in [3.8, 4) is 6.07 Å². The Labute approximate surface area is 137 Å². The van der Waals surface area contributed by atoms with Crippen LogP contribution in [0.3, 0.4) is 0 Å². The van der Waals surface area contributed by atoms with E-state index in [9.17, 15) is 5.26 Å². The van der Waals surface area contributed by atoms with Gasteiger partial charge in [0, 0.05) is 0 Å². The van der Waals surface area contributed by atoms with Crippen molar-refractivity contribution < 1.29 is 4.74 Å². The van der Waals surface area contributed by atoms with Crippen LogP contribution in [-0.2, 0) is 10.2 Å². The Bertz CT molecular complexity index is 718. The first-order valence-corrected chi connectivity index (χ1v) is 7.80. The van der Waals surface area contributed by atoms with E-state index in [0.29, 0.717) is 5.57 Å². The fourth-order valence-electron chi connectivity index (χ4n) is 3.59. The molecule has 0 spiro atoms. The third-order valence-corrected chi connectivity index (χ3v) is 4.50. The molecule has 0 saturated heterocycles. The molecule has 0 aromatic heterocycles. The van der Waals surface area contributed by atoms with Crippen LogP contribution in [0, 0.1) is 17.2 Å². The number of ether oxygens (including phenoxy) is 1. The molecule has 0 amide bonds. The number of nitrogens with two attached hydrogens (primary N) is 1. The molecule has 0 aliphatic carbocycles. The van der Waals surface area contributed by atoms with E-state index in [1.165, 1.54) is 0 Å². The van der Waals surface area contributed by atoms with E-state index in [4.69, 9.17) is 10.5 Å². The van der Waals surface area contributed by atoms with E-state index in [0.717, 1.165) is 11.1 Å². The zero-order valence-corrected chi connectivity index (χ0v) is 13.4. The summed E-state index contributed by atoms with van der Waals surface area (Å²) in [7, 11) is 0. The normalized spacial score (nSPS) is 19.5. The number of nitriles is 1. The van der Waals surface area contributed by atoms with Gasteiger partial charge < -0.3 is 10.5 Å². The van der Waals surface area contributed by atoms with Crippen LogP contribution in [0.15, 0.2) is 72.1 Å². The summed E-state index contributed by atoms with van der Waals surface area (Å²) in [6, 6.07) is 22.4. The Hall–Kier alpha value is -2.73. The average Bonchev–Trinajstić information content (AvgIpc) is 2.90. The summed E-state index contributed by atoms with van der Waals surface area (Å²) < 4.78 is 5.99. The van der Waals surface area contributed by atoms with E-state index >= 15 is 0 Å². The predicted molar refractivity (Wildman–Crippen MR) is 90.2 cm³/mol. The van der Waals surface area contributed by atoms with Gasteiger partial charge in [-0.25, -0.2) is 0 Å². The summed E-state index contributed by atoms with van der Waals surface area (Å²) in [5.74, 6) is 0.429. The van der Waals surface area contributed by atoms with Crippen molar-refractivity contribution in [2.45, 2.75) is 25.4 Å². The van der Waals surface area contributed by atoms with Gasteiger partial charge in [-0.1, -0.05) is 74.5 Å². The Balaban J connectivity index is 2.37. The van der Waals surface area contributed by atoms with Crippen molar-refractivity contribution in [2.24, 2.45) is 11.7 Å². The Kier molecular flexibility index (Phi) is 3.83. The molecule has 1 aliphatic rings. The van der Waals surface area contributed by atoms with Crippen molar-refractivity contribution in [3.63, 3.8) is 0 Å². The van der Waals surface area contributed by atoms with Crippen LogP contribution in [0.5, 0.6) is 0 Å². The van der Waals surface area contributed by atoms with Crippen molar-refractivity contribution in [1.29, 1.82) is 5.26 Å². The molecule has 1 aliphatic heterocycles. The highest BCUT2D eigenvalue weighted by molar-refractivity contribution is 5.58. The summed E-state index contributed by atoms with van der Waals surface area (Å²) in [5, 5.41) is 9.83. The highest BCUT2D eigenvalue weighted by Crippen LogP contribution is 2.50. The van der Waals surface area contributed by atoms with Crippen molar-refractivity contribution in [1.82, 2.24) is 0 Å². The van der Waals surface area contributed by atoms with Crippen LogP contribution in [0.1, 0.15) is 25.0 Å². The molecular weight excluding hydrogens is 284 g/mol. The SMILES string of the molecule is CC(C)C1OC(N)=C(C#N)C1(c1ccccc1)c1ccccc1. The Morgan fingerprint density at radius 1 is 1.00 bits per heavy atom. The molecule has 116 valence electrons. The summed E-state index contributed by atoms with van der Waals surface area (Å²) in [5.41, 5.74) is 7.98. The smallest absolute Gasteiger partial charge is 0.199 e. The third-order valence-electron chi connectivity index (χ3n) is 4.50. The van der Waals surface area contributed by atoms with Crippen LogP contribution in [0.4, 0.5) is 0 Å². The van der Waals surface area contributed by atoms with Gasteiger partial charge in [0.15, 0.2) is 5.88 Å². The minimum atomic E-state index is -0.671. The van der Waals surface area contributed by atoms with Crippen molar-refractivity contribution in [3.05, 3.63) is 83.2 Å². The van der Waals surface area contributed by atoms with Crippen LogP contribution in [-0.4, -0.2) is 6.10 Å². The summed E-state index contributed by atoms with van der Waals surface area (Å²) in [6.45, 7) is 4.19. The van der Waals surface area contributed by atoms with E-state index in [2.05, 4.69) is 19.9 Å². The third kappa shape index (κ3) is 2.19. The van der Waals surface area contributed by atoms with Gasteiger partial charge >= 0.3 is 0 Å². The monoisotopic (exact) mass is 304 g/mol. The zero-order valence-electron chi connectivity index (χ0n) is 13.4. The fraction of sp³-hybridized carbons (Fsp3) is 0.250. The molecule has 3 heteroatoms. The molecule has 23 heavy (non-hydrogen) atoms. The zero-order chi connectivity index (χ0) is 16.4. The van der Waals surface area contributed by atoms with Gasteiger partial charge in [0.25, 0.3) is 0 Å². The minimum absolute atomic E-state index is 0.194. The molecule has 2 N–H and O–H groups in total. The second-order valence-electron chi connectivity index (χ2n) is 6.17. The number of hydrogen-bond acceptors (Lipinski definition) is 3. The van der Waals surface area contributed by atoms with E-state index in [-0.39, 0.29) is 17.9 Å². The van der Waals surface area contributed by atoms with Gasteiger partial charge in [-0.3, -0.25) is 0 Å². The average molecular weight is 304 g/mol. The van der Waals surface area contributed by atoms with E-state index in [1.54, 1.807) is 0 Å². The lowest BCUT2D eigenvalue weighted by Gasteiger charge is -2.37. The van der Waals surface area contributed by atoms with Gasteiger partial charge in [-0.15, -0.1) is 0 Å². The van der Waals surface area contributed by atoms with Crippen LogP contribution in [0.25, 0.3) is 0 Å². The Morgan fingerprint density at radius 3 is 1.87 bits per heavy atom. The minimum Gasteiger partial charge on any atom is -0.473 e. The first-order valence-electron chi connectivity index (χ1n) is 7.80. The Morgan fingerprint density at radius 2 is 1.48 bits per heavy atom. The van der Waals surface area contributed by atoms with Crippen LogP contribution < -0.4 is 5.73 Å². The van der Waals surface area contributed by atoms with Crippen LogP contribution >= 0.6 is 0 Å². The summed E-state index contributed by atoms with van der Waals surface area (Å²) in [6.07, 6.45) is -0.220. The number of nitrogens with zero attached hydrogens (tertiary/aromatic N) is 1. The lowest BCUT2D eigenvalue weighted by molar-refractivity contribution is 0.0668. The molecule has 1 heterocycles. The molecule has 0 fully saturated rings. The second kappa shape index (κ2) is 5.81. The number of hydrogen-bond donors (Lipinski definition) is 1. The summed E-state index contributed by atoms with van der Waals surface area (Å²) in [4.78, 5) is 0. The maximum Gasteiger partial charge on any atom is 0.199 e. The lowest BCUT2D eigenvalue weighted by atomic mass is 9.64. The van der Waals surface area contributed by atoms with Gasteiger partial charge in [-0.2, -0.15) is 5.26 Å². The summed E-state index contributed by atoms with van der Waals surface area (Å²) >= 11 is 0. The quantitative estimate of drug-likeness (QED) is 0.940. The number of rotatable bonds is 3. The molecule has 1 unspecified atom stereocenters. The topological polar surface area (TPSA) is 59.0 Å². The molecule has 3 nitrogen and oxygen atoms in total. The molecule has 2 aromatic rings. The van der Waals surface area contributed by atoms with Gasteiger partial charge in [0.05, 0.1) is 5.41 Å². The van der Waals surface area contributed by atoms with Crippen molar-refractivity contribution in [2.75, 3.05) is 0 Å². The largest absolute Gasteiger partial charge is 0.473 e. The lowest BCUT2D eigenvalue weighted by Crippen LogP contribution is -2.42. The first kappa shape index (κ1) is 15.2.